The molecule has 0 aliphatic heterocycles. The summed E-state index contributed by atoms with van der Waals surface area (Å²) >= 11 is 0. The van der Waals surface area contributed by atoms with E-state index in [0.29, 0.717) is 17.9 Å². The van der Waals surface area contributed by atoms with Crippen molar-refractivity contribution in [2.45, 2.75) is 25.9 Å². The highest BCUT2D eigenvalue weighted by molar-refractivity contribution is 5.34. The van der Waals surface area contributed by atoms with Crippen molar-refractivity contribution in [3.63, 3.8) is 0 Å². The van der Waals surface area contributed by atoms with E-state index in [2.05, 4.69) is 0 Å². The van der Waals surface area contributed by atoms with E-state index in [4.69, 9.17) is 9.47 Å². The summed E-state index contributed by atoms with van der Waals surface area (Å²) in [6.45, 7) is 1.85. The van der Waals surface area contributed by atoms with E-state index < -0.39 is 19.1 Å². The van der Waals surface area contributed by atoms with Crippen molar-refractivity contribution in [3.8, 4) is 5.75 Å². The minimum absolute atomic E-state index is 0.0893. The van der Waals surface area contributed by atoms with Gasteiger partial charge in [0.05, 0.1) is 12.7 Å². The first-order valence-corrected chi connectivity index (χ1v) is 5.90. The number of rotatable bonds is 8. The third kappa shape index (κ3) is 4.98. The normalized spacial score (nSPS) is 12.7. The molecule has 1 unspecified atom stereocenters. The van der Waals surface area contributed by atoms with Gasteiger partial charge in [0.1, 0.15) is 12.4 Å². The SMILES string of the molecule is CCOc1ccccc1C(O)CCOCC(F)F. The number of hydrogen-bond acceptors (Lipinski definition) is 3. The number of halogens is 2. The second-order valence-corrected chi connectivity index (χ2v) is 3.74. The summed E-state index contributed by atoms with van der Waals surface area (Å²) in [4.78, 5) is 0. The summed E-state index contributed by atoms with van der Waals surface area (Å²) in [6, 6.07) is 7.13. The number of hydrogen-bond donors (Lipinski definition) is 1. The molecule has 1 N–H and O–H groups in total. The molecular formula is C13H18F2O3. The topological polar surface area (TPSA) is 38.7 Å². The van der Waals surface area contributed by atoms with Gasteiger partial charge in [0.2, 0.25) is 0 Å². The van der Waals surface area contributed by atoms with Gasteiger partial charge < -0.3 is 14.6 Å². The maximum atomic E-state index is 11.8. The Balaban J connectivity index is 2.47. The number of para-hydroxylation sites is 1. The molecule has 0 spiro atoms. The van der Waals surface area contributed by atoms with Crippen molar-refractivity contribution < 1.29 is 23.4 Å². The van der Waals surface area contributed by atoms with Gasteiger partial charge in [-0.2, -0.15) is 0 Å². The average Bonchev–Trinajstić information content (AvgIpc) is 2.35. The molecule has 0 saturated carbocycles. The van der Waals surface area contributed by atoms with Crippen molar-refractivity contribution >= 4 is 0 Å². The first-order valence-electron chi connectivity index (χ1n) is 5.90. The van der Waals surface area contributed by atoms with Crippen LogP contribution in [0.3, 0.4) is 0 Å². The number of alkyl halides is 2. The molecule has 18 heavy (non-hydrogen) atoms. The average molecular weight is 260 g/mol. The van der Waals surface area contributed by atoms with Crippen molar-refractivity contribution in [3.05, 3.63) is 29.8 Å². The van der Waals surface area contributed by atoms with Crippen LogP contribution in [0.2, 0.25) is 0 Å². The van der Waals surface area contributed by atoms with E-state index in [-0.39, 0.29) is 13.0 Å². The summed E-state index contributed by atoms with van der Waals surface area (Å²) < 4.78 is 33.8. The lowest BCUT2D eigenvalue weighted by Gasteiger charge is -2.15. The van der Waals surface area contributed by atoms with Crippen LogP contribution in [-0.4, -0.2) is 31.4 Å². The predicted molar refractivity (Wildman–Crippen MR) is 64.0 cm³/mol. The monoisotopic (exact) mass is 260 g/mol. The molecule has 0 aliphatic carbocycles. The lowest BCUT2D eigenvalue weighted by Crippen LogP contribution is -2.09. The molecule has 1 rings (SSSR count). The van der Waals surface area contributed by atoms with Crippen molar-refractivity contribution in [2.75, 3.05) is 19.8 Å². The van der Waals surface area contributed by atoms with Crippen LogP contribution < -0.4 is 4.74 Å². The maximum Gasteiger partial charge on any atom is 0.261 e. The molecule has 0 heterocycles. The highest BCUT2D eigenvalue weighted by Gasteiger charge is 2.13. The second-order valence-electron chi connectivity index (χ2n) is 3.74. The first kappa shape index (κ1) is 14.9. The molecule has 0 saturated heterocycles. The van der Waals surface area contributed by atoms with Gasteiger partial charge >= 0.3 is 0 Å². The molecule has 0 bridgehead atoms. The molecule has 1 aromatic rings. The smallest absolute Gasteiger partial charge is 0.261 e. The summed E-state index contributed by atoms with van der Waals surface area (Å²) in [5, 5.41) is 9.95. The maximum absolute atomic E-state index is 11.8. The number of aliphatic hydroxyl groups is 1. The molecule has 0 amide bonds. The number of benzene rings is 1. The van der Waals surface area contributed by atoms with Gasteiger partial charge in [0.25, 0.3) is 6.43 Å². The van der Waals surface area contributed by atoms with E-state index in [9.17, 15) is 13.9 Å². The zero-order valence-electron chi connectivity index (χ0n) is 10.3. The van der Waals surface area contributed by atoms with Crippen LogP contribution in [0.25, 0.3) is 0 Å². The first-order chi connectivity index (χ1) is 8.65. The Kier molecular flexibility index (Phi) is 6.60. The quantitative estimate of drug-likeness (QED) is 0.730. The molecule has 0 fully saturated rings. The Morgan fingerprint density at radius 3 is 2.67 bits per heavy atom. The molecule has 1 aromatic carbocycles. The number of ether oxygens (including phenoxy) is 2. The lowest BCUT2D eigenvalue weighted by atomic mass is 10.1. The Morgan fingerprint density at radius 2 is 2.00 bits per heavy atom. The summed E-state index contributed by atoms with van der Waals surface area (Å²) in [5.74, 6) is 0.612. The fraction of sp³-hybridized carbons (Fsp3) is 0.538. The molecule has 3 nitrogen and oxygen atoms in total. The van der Waals surface area contributed by atoms with Crippen molar-refractivity contribution in [1.29, 1.82) is 0 Å². The highest BCUT2D eigenvalue weighted by atomic mass is 19.3. The van der Waals surface area contributed by atoms with Crippen LogP contribution >= 0.6 is 0 Å². The molecular weight excluding hydrogens is 242 g/mol. The molecule has 5 heteroatoms. The molecule has 1 atom stereocenters. The second kappa shape index (κ2) is 8.00. The van der Waals surface area contributed by atoms with E-state index in [1.807, 2.05) is 13.0 Å². The van der Waals surface area contributed by atoms with E-state index in [1.165, 1.54) is 0 Å². The lowest BCUT2D eigenvalue weighted by molar-refractivity contribution is 0.00456. The van der Waals surface area contributed by atoms with Crippen LogP contribution in [0.5, 0.6) is 5.75 Å². The summed E-state index contributed by atoms with van der Waals surface area (Å²) in [6.07, 6.45) is -2.99. The van der Waals surface area contributed by atoms with Gasteiger partial charge in [0, 0.05) is 18.6 Å². The summed E-state index contributed by atoms with van der Waals surface area (Å²) in [5.41, 5.74) is 0.653. The van der Waals surface area contributed by atoms with Crippen molar-refractivity contribution in [1.82, 2.24) is 0 Å². The molecule has 0 radical (unpaired) electrons. The van der Waals surface area contributed by atoms with Crippen LogP contribution in [0, 0.1) is 0 Å². The van der Waals surface area contributed by atoms with E-state index >= 15 is 0 Å². The van der Waals surface area contributed by atoms with Crippen LogP contribution in [0.15, 0.2) is 24.3 Å². The zero-order valence-corrected chi connectivity index (χ0v) is 10.3. The fourth-order valence-corrected chi connectivity index (χ4v) is 1.57. The largest absolute Gasteiger partial charge is 0.493 e. The van der Waals surface area contributed by atoms with Gasteiger partial charge in [-0.05, 0) is 13.0 Å². The van der Waals surface area contributed by atoms with E-state index in [1.54, 1.807) is 18.2 Å². The third-order valence-corrected chi connectivity index (χ3v) is 2.36. The Morgan fingerprint density at radius 1 is 1.28 bits per heavy atom. The van der Waals surface area contributed by atoms with Crippen LogP contribution in [0.1, 0.15) is 25.0 Å². The van der Waals surface area contributed by atoms with Gasteiger partial charge in [-0.1, -0.05) is 18.2 Å². The third-order valence-electron chi connectivity index (χ3n) is 2.36. The Labute approximate surface area is 105 Å². The van der Waals surface area contributed by atoms with Crippen molar-refractivity contribution in [2.24, 2.45) is 0 Å². The minimum atomic E-state index is -2.47. The number of aliphatic hydroxyl groups excluding tert-OH is 1. The van der Waals surface area contributed by atoms with Gasteiger partial charge in [-0.3, -0.25) is 0 Å². The molecule has 102 valence electrons. The highest BCUT2D eigenvalue weighted by Crippen LogP contribution is 2.27. The van der Waals surface area contributed by atoms with Gasteiger partial charge in [-0.15, -0.1) is 0 Å². The van der Waals surface area contributed by atoms with Crippen LogP contribution in [0.4, 0.5) is 8.78 Å². The molecule has 0 aliphatic rings. The Hall–Kier alpha value is -1.20. The van der Waals surface area contributed by atoms with Crippen LogP contribution in [-0.2, 0) is 4.74 Å². The summed E-state index contributed by atoms with van der Waals surface area (Å²) in [7, 11) is 0. The minimum Gasteiger partial charge on any atom is -0.493 e. The van der Waals surface area contributed by atoms with E-state index in [0.717, 1.165) is 0 Å². The predicted octanol–water partition coefficient (Wildman–Crippen LogP) is 2.79. The molecule has 0 aromatic heterocycles. The zero-order chi connectivity index (χ0) is 13.4. The van der Waals surface area contributed by atoms with Gasteiger partial charge in [0.15, 0.2) is 0 Å². The standard InChI is InChI=1S/C13H18F2O3/c1-2-18-12-6-4-3-5-10(12)11(16)7-8-17-9-13(14)15/h3-6,11,13,16H,2,7-9H2,1H3. The Bertz CT molecular complexity index is 345. The fourth-order valence-electron chi connectivity index (χ4n) is 1.57. The van der Waals surface area contributed by atoms with Gasteiger partial charge in [-0.25, -0.2) is 8.78 Å².